The Kier molecular flexibility index (Phi) is 6.04. The van der Waals surface area contributed by atoms with Crippen LogP contribution in [0.1, 0.15) is 18.9 Å². The van der Waals surface area contributed by atoms with E-state index in [1.165, 1.54) is 11.6 Å². The Hall–Kier alpha value is -1.61. The van der Waals surface area contributed by atoms with Crippen molar-refractivity contribution < 1.29 is 9.53 Å². The number of hydrogen-bond donors (Lipinski definition) is 1. The molecule has 0 fully saturated rings. The highest BCUT2D eigenvalue weighted by atomic mass is 16.5. The molecule has 0 radical (unpaired) electrons. The summed E-state index contributed by atoms with van der Waals surface area (Å²) in [6.07, 6.45) is 4.83. The monoisotopic (exact) mass is 233 g/mol. The van der Waals surface area contributed by atoms with E-state index in [4.69, 9.17) is 10.5 Å². The molecule has 0 bridgehead atoms. The zero-order valence-electron chi connectivity index (χ0n) is 10.1. The average molecular weight is 233 g/mol. The van der Waals surface area contributed by atoms with Gasteiger partial charge in [0.05, 0.1) is 6.61 Å². The molecule has 0 spiro atoms. The second-order valence-corrected chi connectivity index (χ2v) is 3.80. The van der Waals surface area contributed by atoms with Crippen molar-refractivity contribution in [1.82, 2.24) is 0 Å². The van der Waals surface area contributed by atoms with E-state index in [0.29, 0.717) is 6.61 Å². The van der Waals surface area contributed by atoms with Crippen molar-refractivity contribution in [3.05, 3.63) is 48.0 Å². The summed E-state index contributed by atoms with van der Waals surface area (Å²) in [6, 6.07) is 10.0. The Morgan fingerprint density at radius 3 is 2.76 bits per heavy atom. The van der Waals surface area contributed by atoms with Crippen molar-refractivity contribution in [1.29, 1.82) is 0 Å². The minimum Gasteiger partial charge on any atom is -0.463 e. The summed E-state index contributed by atoms with van der Waals surface area (Å²) in [7, 11) is 0. The van der Waals surface area contributed by atoms with Crippen molar-refractivity contribution in [2.75, 3.05) is 6.61 Å². The van der Waals surface area contributed by atoms with Crippen molar-refractivity contribution in [2.24, 2.45) is 5.73 Å². The summed E-state index contributed by atoms with van der Waals surface area (Å²) in [6.45, 7) is 2.17. The average Bonchev–Trinajstić information content (AvgIpc) is 2.35. The van der Waals surface area contributed by atoms with Crippen LogP contribution in [0.5, 0.6) is 0 Å². The molecular formula is C14H19NO2. The van der Waals surface area contributed by atoms with Gasteiger partial charge in [-0.1, -0.05) is 36.4 Å². The molecule has 0 unspecified atom stereocenters. The number of ether oxygens (including phenoxy) is 1. The zero-order valence-corrected chi connectivity index (χ0v) is 10.1. The predicted octanol–water partition coefficient (Wildman–Crippen LogP) is 2.07. The molecule has 0 aliphatic heterocycles. The number of rotatable bonds is 6. The van der Waals surface area contributed by atoms with Crippen LogP contribution in [0, 0.1) is 0 Å². The molecule has 1 atom stereocenters. The van der Waals surface area contributed by atoms with Gasteiger partial charge in [-0.3, -0.25) is 0 Å². The maximum atomic E-state index is 11.1. The van der Waals surface area contributed by atoms with Gasteiger partial charge in [-0.2, -0.15) is 0 Å². The van der Waals surface area contributed by atoms with Crippen LogP contribution in [-0.2, 0) is 16.0 Å². The molecule has 3 heteroatoms. The number of carbonyl (C=O) groups is 1. The molecule has 0 saturated carbocycles. The third-order valence-electron chi connectivity index (χ3n) is 2.38. The first-order valence-corrected chi connectivity index (χ1v) is 5.87. The largest absolute Gasteiger partial charge is 0.463 e. The molecule has 2 N–H and O–H groups in total. The second kappa shape index (κ2) is 7.63. The van der Waals surface area contributed by atoms with E-state index >= 15 is 0 Å². The van der Waals surface area contributed by atoms with Crippen LogP contribution in [0.25, 0.3) is 0 Å². The van der Waals surface area contributed by atoms with Crippen LogP contribution >= 0.6 is 0 Å². The highest BCUT2D eigenvalue weighted by Crippen LogP contribution is 2.04. The Bertz CT molecular complexity index is 360. The van der Waals surface area contributed by atoms with E-state index < -0.39 is 0 Å². The summed E-state index contributed by atoms with van der Waals surface area (Å²) >= 11 is 0. The second-order valence-electron chi connectivity index (χ2n) is 3.80. The lowest BCUT2D eigenvalue weighted by Gasteiger charge is -2.06. The molecule has 0 aromatic heterocycles. The van der Waals surface area contributed by atoms with Gasteiger partial charge in [0.25, 0.3) is 0 Å². The van der Waals surface area contributed by atoms with Gasteiger partial charge in [-0.15, -0.1) is 0 Å². The van der Waals surface area contributed by atoms with Gasteiger partial charge >= 0.3 is 5.97 Å². The normalized spacial score (nSPS) is 12.6. The van der Waals surface area contributed by atoms with Crippen LogP contribution in [-0.4, -0.2) is 18.6 Å². The summed E-state index contributed by atoms with van der Waals surface area (Å²) < 4.78 is 4.77. The van der Waals surface area contributed by atoms with E-state index in [9.17, 15) is 4.79 Å². The first kappa shape index (κ1) is 13.5. The van der Waals surface area contributed by atoms with Gasteiger partial charge in [-0.05, 0) is 25.3 Å². The fraction of sp³-hybridized carbons (Fsp3) is 0.357. The third kappa shape index (κ3) is 5.88. The van der Waals surface area contributed by atoms with Crippen molar-refractivity contribution >= 4 is 5.97 Å². The van der Waals surface area contributed by atoms with Gasteiger partial charge in [-0.25, -0.2) is 4.79 Å². The van der Waals surface area contributed by atoms with Gasteiger partial charge in [0.1, 0.15) is 0 Å². The van der Waals surface area contributed by atoms with E-state index in [-0.39, 0.29) is 12.0 Å². The van der Waals surface area contributed by atoms with E-state index in [1.807, 2.05) is 18.2 Å². The van der Waals surface area contributed by atoms with Crippen LogP contribution in [0.3, 0.4) is 0 Å². The first-order valence-electron chi connectivity index (χ1n) is 5.87. The SMILES string of the molecule is CCOC(=O)C=C[C@@H](N)CCc1ccccc1. The van der Waals surface area contributed by atoms with Crippen LogP contribution in [0.4, 0.5) is 0 Å². The molecule has 3 nitrogen and oxygen atoms in total. The predicted molar refractivity (Wildman–Crippen MR) is 68.5 cm³/mol. The number of hydrogen-bond acceptors (Lipinski definition) is 3. The number of benzene rings is 1. The molecule has 0 aliphatic rings. The van der Waals surface area contributed by atoms with Crippen molar-refractivity contribution in [3.63, 3.8) is 0 Å². The lowest BCUT2D eigenvalue weighted by atomic mass is 10.1. The lowest BCUT2D eigenvalue weighted by molar-refractivity contribution is -0.137. The number of carbonyl (C=O) groups excluding carboxylic acids is 1. The highest BCUT2D eigenvalue weighted by molar-refractivity contribution is 5.81. The van der Waals surface area contributed by atoms with Gasteiger partial charge < -0.3 is 10.5 Å². The highest BCUT2D eigenvalue weighted by Gasteiger charge is 2.00. The van der Waals surface area contributed by atoms with Crippen LogP contribution < -0.4 is 5.73 Å². The summed E-state index contributed by atoms with van der Waals surface area (Å²) in [5.41, 5.74) is 7.13. The topological polar surface area (TPSA) is 52.3 Å². The summed E-state index contributed by atoms with van der Waals surface area (Å²) in [4.78, 5) is 11.1. The van der Waals surface area contributed by atoms with Crippen LogP contribution in [0.2, 0.25) is 0 Å². The maximum Gasteiger partial charge on any atom is 0.330 e. The Morgan fingerprint density at radius 2 is 2.12 bits per heavy atom. The molecule has 1 rings (SSSR count). The minimum atomic E-state index is -0.331. The minimum absolute atomic E-state index is 0.111. The van der Waals surface area contributed by atoms with Crippen LogP contribution in [0.15, 0.2) is 42.5 Å². The lowest BCUT2D eigenvalue weighted by Crippen LogP contribution is -2.18. The third-order valence-corrected chi connectivity index (χ3v) is 2.38. The maximum absolute atomic E-state index is 11.1. The Morgan fingerprint density at radius 1 is 1.41 bits per heavy atom. The molecule has 0 amide bonds. The molecule has 1 aromatic rings. The Labute approximate surface area is 102 Å². The number of aryl methyl sites for hydroxylation is 1. The fourth-order valence-corrected chi connectivity index (χ4v) is 1.47. The molecule has 0 heterocycles. The van der Waals surface area contributed by atoms with Crippen molar-refractivity contribution in [3.8, 4) is 0 Å². The first-order chi connectivity index (χ1) is 8.22. The smallest absolute Gasteiger partial charge is 0.330 e. The number of nitrogens with two attached hydrogens (primary N) is 1. The fourth-order valence-electron chi connectivity index (χ4n) is 1.47. The van der Waals surface area contributed by atoms with Crippen molar-refractivity contribution in [2.45, 2.75) is 25.8 Å². The van der Waals surface area contributed by atoms with E-state index in [0.717, 1.165) is 12.8 Å². The number of esters is 1. The molecule has 1 aromatic carbocycles. The molecule has 17 heavy (non-hydrogen) atoms. The summed E-state index contributed by atoms with van der Waals surface area (Å²) in [5.74, 6) is -0.331. The molecular weight excluding hydrogens is 214 g/mol. The van der Waals surface area contributed by atoms with Gasteiger partial charge in [0.15, 0.2) is 0 Å². The molecule has 0 aliphatic carbocycles. The molecule has 92 valence electrons. The summed E-state index contributed by atoms with van der Waals surface area (Å²) in [5, 5.41) is 0. The quantitative estimate of drug-likeness (QED) is 0.604. The Balaban J connectivity index is 2.30. The van der Waals surface area contributed by atoms with E-state index in [1.54, 1.807) is 13.0 Å². The van der Waals surface area contributed by atoms with Gasteiger partial charge in [0, 0.05) is 12.1 Å². The van der Waals surface area contributed by atoms with E-state index in [2.05, 4.69) is 12.1 Å². The van der Waals surface area contributed by atoms with Gasteiger partial charge in [0.2, 0.25) is 0 Å². The standard InChI is InChI=1S/C14H19NO2/c1-2-17-14(16)11-10-13(15)9-8-12-6-4-3-5-7-12/h3-7,10-11,13H,2,8-9,15H2,1H3/t13-/m0/s1. The zero-order chi connectivity index (χ0) is 12.5. The molecule has 0 saturated heterocycles.